The van der Waals surface area contributed by atoms with Crippen LogP contribution in [0.15, 0.2) is 70.5 Å². The molecule has 38 heavy (non-hydrogen) atoms. The minimum atomic E-state index is -0.0354. The van der Waals surface area contributed by atoms with E-state index in [1.54, 1.807) is 12.4 Å². The molecule has 10 heteroatoms. The normalized spacial score (nSPS) is 17.1. The van der Waals surface area contributed by atoms with Gasteiger partial charge in [0.15, 0.2) is 11.6 Å². The number of allylic oxidation sites excluding steroid dienone is 8. The van der Waals surface area contributed by atoms with Gasteiger partial charge in [0.25, 0.3) is 0 Å². The maximum Gasteiger partial charge on any atom is 3.00 e. The number of hydrogen-bond acceptors (Lipinski definition) is 6. The molecule has 0 saturated carbocycles. The quantitative estimate of drug-likeness (QED) is 0.102. The van der Waals surface area contributed by atoms with Gasteiger partial charge in [0.1, 0.15) is 11.5 Å². The van der Waals surface area contributed by atoms with Crippen molar-refractivity contribution >= 4 is 31.4 Å². The van der Waals surface area contributed by atoms with Crippen LogP contribution in [-0.4, -0.2) is 83.8 Å². The predicted octanol–water partition coefficient (Wildman–Crippen LogP) is 0.983. The molecule has 0 aliphatic heterocycles. The van der Waals surface area contributed by atoms with Crippen molar-refractivity contribution in [2.75, 3.05) is 52.5 Å². The molecule has 0 bridgehead atoms. The number of rotatable bonds is 17. The monoisotopic (exact) mass is 691 g/mol. The van der Waals surface area contributed by atoms with Crippen LogP contribution in [-0.2, 0) is 19.1 Å². The largest absolute Gasteiger partial charge is 3.00 e. The second-order valence-corrected chi connectivity index (χ2v) is 8.42. The molecule has 0 fully saturated rings. The van der Waals surface area contributed by atoms with Gasteiger partial charge in [-0.25, -0.2) is 0 Å². The van der Waals surface area contributed by atoms with Crippen LogP contribution in [0.3, 0.4) is 0 Å². The summed E-state index contributed by atoms with van der Waals surface area (Å²) in [7, 11) is 0. The van der Waals surface area contributed by atoms with Gasteiger partial charge in [-0.1, -0.05) is 12.8 Å². The first kappa shape index (κ1) is 36.3. The van der Waals surface area contributed by atoms with Crippen LogP contribution < -0.4 is 34.6 Å². The molecular weight excluding hydrogens is 651 g/mol. The Morgan fingerprint density at radius 3 is 1.45 bits per heavy atom. The number of carbonyl (C=O) groups excluding carboxylic acids is 2. The minimum absolute atomic E-state index is 0. The maximum absolute atomic E-state index is 12.2. The standard InChI is InChI=1S/C28H40N4O4.Ga.HI/c1-5-35-23-15-21(3)25(27(33)17-23)19-31-11-7-9-29-13-14-30-10-8-12-32-20-26-22(4)16-24(36-6-2)18-28(26)34;;/h15-20,31-32H,5-14H2,1-4H3;;1H/q-2;+3;/p-1/b25-19-,26-20+;;/i;1-2;. The number of ether oxygens (including phenoxy) is 2. The Morgan fingerprint density at radius 2 is 1.11 bits per heavy atom. The average molecular weight is 691 g/mol. The molecule has 0 aromatic rings. The first-order valence-corrected chi connectivity index (χ1v) is 12.7. The van der Waals surface area contributed by atoms with Crippen LogP contribution in [0.1, 0.15) is 40.5 Å². The van der Waals surface area contributed by atoms with E-state index >= 15 is 0 Å². The summed E-state index contributed by atoms with van der Waals surface area (Å²) in [6, 6.07) is 0. The molecule has 0 aromatic heterocycles. The second-order valence-electron chi connectivity index (χ2n) is 8.42. The SMILES string of the molecule is CCOC1=CC(=O)/C(=C\NCCC[N-]CC[N-]CCCN/C=C2/C(=O)C=C(OCC)C=C2C)C(C)=C1.[68Ga+3].[I-]. The molecule has 0 radical (unpaired) electrons. The van der Waals surface area contributed by atoms with Gasteiger partial charge in [-0.05, 0) is 51.0 Å². The van der Waals surface area contributed by atoms with E-state index in [1.807, 2.05) is 39.8 Å². The van der Waals surface area contributed by atoms with Gasteiger partial charge in [0.05, 0.1) is 13.2 Å². The molecule has 0 unspecified atom stereocenters. The fourth-order valence-electron chi connectivity index (χ4n) is 3.64. The van der Waals surface area contributed by atoms with Crippen LogP contribution in [0.2, 0.25) is 0 Å². The Kier molecular flexibility index (Phi) is 20.2. The number of halogens is 1. The van der Waals surface area contributed by atoms with Gasteiger partial charge < -0.3 is 54.7 Å². The molecule has 0 amide bonds. The zero-order valence-electron chi connectivity index (χ0n) is 23.0. The van der Waals surface area contributed by atoms with Crippen molar-refractivity contribution < 1.29 is 43.0 Å². The van der Waals surface area contributed by atoms with Crippen LogP contribution >= 0.6 is 0 Å². The molecule has 206 valence electrons. The number of nitrogens with one attached hydrogen (secondary N) is 2. The Balaban J connectivity index is 0.00000684. The third kappa shape index (κ3) is 13.4. The summed E-state index contributed by atoms with van der Waals surface area (Å²) in [5, 5.41) is 15.4. The number of hydrogen-bond donors (Lipinski definition) is 2. The molecule has 2 aliphatic rings. The summed E-state index contributed by atoms with van der Waals surface area (Å²) in [6.45, 7) is 13.2. The van der Waals surface area contributed by atoms with Gasteiger partial charge in [0.2, 0.25) is 0 Å². The smallest absolute Gasteiger partial charge is 1.00 e. The van der Waals surface area contributed by atoms with Gasteiger partial charge in [-0.15, -0.1) is 13.1 Å². The van der Waals surface area contributed by atoms with E-state index in [-0.39, 0.29) is 55.3 Å². The number of nitrogens with zero attached hydrogens (tertiary/aromatic N) is 2. The Labute approximate surface area is 258 Å². The van der Waals surface area contributed by atoms with E-state index in [2.05, 4.69) is 21.3 Å². The van der Waals surface area contributed by atoms with Gasteiger partial charge in [0, 0.05) is 48.8 Å². The number of carbonyl (C=O) groups is 2. The van der Waals surface area contributed by atoms with Crippen LogP contribution in [0.25, 0.3) is 10.6 Å². The molecule has 2 rings (SSSR count). The fraction of sp³-hybridized carbons (Fsp3) is 0.500. The fourth-order valence-corrected chi connectivity index (χ4v) is 3.64. The van der Waals surface area contributed by atoms with E-state index in [0.717, 1.165) is 63.3 Å². The predicted molar refractivity (Wildman–Crippen MR) is 150 cm³/mol. The Hall–Kier alpha value is -1.73. The Bertz CT molecular complexity index is 879. The topological polar surface area (TPSA) is 105 Å². The molecule has 2 N–H and O–H groups in total. The minimum Gasteiger partial charge on any atom is -1.00 e. The van der Waals surface area contributed by atoms with Gasteiger partial charge in [-0.3, -0.25) is 9.59 Å². The summed E-state index contributed by atoms with van der Waals surface area (Å²) in [4.78, 5) is 24.4. The molecule has 8 nitrogen and oxygen atoms in total. The first-order chi connectivity index (χ1) is 17.5. The first-order valence-electron chi connectivity index (χ1n) is 12.7. The molecule has 0 aromatic carbocycles. The van der Waals surface area contributed by atoms with Crippen LogP contribution in [0.4, 0.5) is 0 Å². The van der Waals surface area contributed by atoms with Crippen molar-refractivity contribution in [2.45, 2.75) is 40.5 Å². The molecular formula is C28H40GaIN4O4. The summed E-state index contributed by atoms with van der Waals surface area (Å²) in [6.07, 6.45) is 12.2. The van der Waals surface area contributed by atoms with Gasteiger partial charge in [-0.2, -0.15) is 13.1 Å². The molecule has 2 aliphatic carbocycles. The summed E-state index contributed by atoms with van der Waals surface area (Å²) < 4.78 is 10.8. The number of ketones is 2. The third-order valence-corrected chi connectivity index (χ3v) is 5.45. The van der Waals surface area contributed by atoms with E-state index in [1.165, 1.54) is 12.2 Å². The van der Waals surface area contributed by atoms with Crippen molar-refractivity contribution in [3.05, 3.63) is 81.1 Å². The average Bonchev–Trinajstić information content (AvgIpc) is 2.82. The van der Waals surface area contributed by atoms with E-state index in [9.17, 15) is 9.59 Å². The van der Waals surface area contributed by atoms with Crippen LogP contribution in [0.5, 0.6) is 0 Å². The Morgan fingerprint density at radius 1 is 0.711 bits per heavy atom. The van der Waals surface area contributed by atoms with Crippen molar-refractivity contribution in [3.63, 3.8) is 0 Å². The van der Waals surface area contributed by atoms with Crippen molar-refractivity contribution in [1.29, 1.82) is 0 Å². The third-order valence-electron chi connectivity index (χ3n) is 5.45. The van der Waals surface area contributed by atoms with E-state index in [4.69, 9.17) is 9.47 Å². The van der Waals surface area contributed by atoms with E-state index in [0.29, 0.717) is 35.9 Å². The van der Waals surface area contributed by atoms with Crippen molar-refractivity contribution in [2.24, 2.45) is 0 Å². The van der Waals surface area contributed by atoms with Crippen LogP contribution in [0, 0.1) is 0 Å². The van der Waals surface area contributed by atoms with Crippen molar-refractivity contribution in [3.8, 4) is 0 Å². The van der Waals surface area contributed by atoms with Gasteiger partial charge >= 0.3 is 19.8 Å². The van der Waals surface area contributed by atoms with Crippen molar-refractivity contribution in [1.82, 2.24) is 10.6 Å². The zero-order valence-corrected chi connectivity index (χ0v) is 27.6. The summed E-state index contributed by atoms with van der Waals surface area (Å²) in [5.74, 6) is 1.17. The summed E-state index contributed by atoms with van der Waals surface area (Å²) >= 11 is 0. The summed E-state index contributed by atoms with van der Waals surface area (Å²) in [5.41, 5.74) is 3.15. The maximum atomic E-state index is 12.2. The molecule has 0 atom stereocenters. The molecule has 0 spiro atoms. The molecule has 0 saturated heterocycles. The second kappa shape index (κ2) is 21.1. The molecule has 0 heterocycles. The zero-order chi connectivity index (χ0) is 26.2. The van der Waals surface area contributed by atoms with E-state index < -0.39 is 0 Å².